The first-order valence-corrected chi connectivity index (χ1v) is 11.5. The highest BCUT2D eigenvalue weighted by Crippen LogP contribution is 2.42. The molecule has 0 unspecified atom stereocenters. The van der Waals surface area contributed by atoms with Gasteiger partial charge in [-0.1, -0.05) is 0 Å². The maximum absolute atomic E-state index is 14.4. The number of nitrogens with two attached hydrogens (primary N) is 1. The standard InChI is InChI=1S/C23H27FN8O2/c1-23(33)6-5-19(23)31-12-14(10-26-31)30-7-3-4-13(11-30)20-28-21-15-8-16(24)18(34-2)9-17(15)27-22(25)32(21)29-20/h8-10,12-13,19,33H,3-7,11H2,1-2H3,(H2,25,27)/t13-,19-,23-/m1/s1. The number of hydrogen-bond donors (Lipinski definition) is 2. The first-order chi connectivity index (χ1) is 16.3. The third kappa shape index (κ3) is 3.25. The fourth-order valence-corrected chi connectivity index (χ4v) is 5.17. The molecule has 1 aromatic carbocycles. The van der Waals surface area contributed by atoms with E-state index in [4.69, 9.17) is 15.5 Å². The Bertz CT molecular complexity index is 1400. The smallest absolute Gasteiger partial charge is 0.223 e. The molecule has 0 spiro atoms. The van der Waals surface area contributed by atoms with Crippen LogP contribution in [0, 0.1) is 5.82 Å². The molecule has 2 aliphatic rings. The topological polar surface area (TPSA) is 120 Å². The number of hydrogen-bond acceptors (Lipinski definition) is 8. The third-order valence-corrected chi connectivity index (χ3v) is 7.29. The van der Waals surface area contributed by atoms with Gasteiger partial charge >= 0.3 is 0 Å². The number of aliphatic hydroxyl groups is 1. The molecule has 4 heterocycles. The van der Waals surface area contributed by atoms with Gasteiger partial charge in [0.1, 0.15) is 0 Å². The van der Waals surface area contributed by atoms with Crippen LogP contribution in [-0.2, 0) is 0 Å². The van der Waals surface area contributed by atoms with E-state index in [1.807, 2.05) is 24.0 Å². The van der Waals surface area contributed by atoms with E-state index in [0.29, 0.717) is 22.4 Å². The lowest BCUT2D eigenvalue weighted by Gasteiger charge is -2.42. The lowest BCUT2D eigenvalue weighted by Crippen LogP contribution is -2.45. The highest BCUT2D eigenvalue weighted by atomic mass is 19.1. The highest BCUT2D eigenvalue weighted by Gasteiger charge is 2.43. The van der Waals surface area contributed by atoms with Gasteiger partial charge in [0.15, 0.2) is 23.0 Å². The number of nitrogens with zero attached hydrogens (tertiary/aromatic N) is 7. The maximum Gasteiger partial charge on any atom is 0.223 e. The van der Waals surface area contributed by atoms with Crippen LogP contribution in [0.1, 0.15) is 50.4 Å². The summed E-state index contributed by atoms with van der Waals surface area (Å²) in [5.74, 6) is 0.559. The Hall–Kier alpha value is -3.47. The van der Waals surface area contributed by atoms with Gasteiger partial charge in [-0.15, -0.1) is 5.10 Å². The number of aromatic nitrogens is 6. The van der Waals surface area contributed by atoms with Crippen molar-refractivity contribution in [1.82, 2.24) is 29.4 Å². The van der Waals surface area contributed by atoms with Crippen molar-refractivity contribution in [2.24, 2.45) is 0 Å². The van der Waals surface area contributed by atoms with Gasteiger partial charge in [0.05, 0.1) is 36.2 Å². The second-order valence-electron chi connectivity index (χ2n) is 9.55. The first kappa shape index (κ1) is 21.1. The average Bonchev–Trinajstić information content (AvgIpc) is 3.47. The monoisotopic (exact) mass is 466 g/mol. The van der Waals surface area contributed by atoms with Crippen LogP contribution in [0.25, 0.3) is 16.6 Å². The van der Waals surface area contributed by atoms with Gasteiger partial charge in [-0.3, -0.25) is 4.68 Å². The van der Waals surface area contributed by atoms with Gasteiger partial charge in [0.25, 0.3) is 0 Å². The molecular formula is C23H27FN8O2. The number of piperidine rings is 1. The Morgan fingerprint density at radius 2 is 2.12 bits per heavy atom. The first-order valence-electron chi connectivity index (χ1n) is 11.5. The van der Waals surface area contributed by atoms with Crippen molar-refractivity contribution in [2.45, 2.75) is 50.2 Å². The summed E-state index contributed by atoms with van der Waals surface area (Å²) in [7, 11) is 1.41. The van der Waals surface area contributed by atoms with Crippen LogP contribution in [-0.4, -0.2) is 60.3 Å². The Balaban J connectivity index is 1.31. The minimum atomic E-state index is -0.700. The molecule has 3 aromatic heterocycles. The number of halogens is 1. The molecule has 1 aliphatic carbocycles. The fourth-order valence-electron chi connectivity index (χ4n) is 5.17. The van der Waals surface area contributed by atoms with Gasteiger partial charge in [0, 0.05) is 36.7 Å². The molecule has 6 rings (SSSR count). The summed E-state index contributed by atoms with van der Waals surface area (Å²) >= 11 is 0. The number of anilines is 2. The summed E-state index contributed by atoms with van der Waals surface area (Å²) < 4.78 is 22.9. The van der Waals surface area contributed by atoms with Gasteiger partial charge in [-0.25, -0.2) is 14.4 Å². The van der Waals surface area contributed by atoms with Crippen molar-refractivity contribution in [3.8, 4) is 5.75 Å². The molecule has 0 radical (unpaired) electrons. The van der Waals surface area contributed by atoms with Crippen molar-refractivity contribution in [3.05, 3.63) is 36.2 Å². The molecule has 34 heavy (non-hydrogen) atoms. The molecule has 0 amide bonds. The van der Waals surface area contributed by atoms with Crippen LogP contribution in [0.15, 0.2) is 24.5 Å². The van der Waals surface area contributed by atoms with Crippen LogP contribution in [0.4, 0.5) is 16.0 Å². The predicted octanol–water partition coefficient (Wildman–Crippen LogP) is 2.67. The molecule has 3 N–H and O–H groups in total. The lowest BCUT2D eigenvalue weighted by atomic mass is 9.76. The van der Waals surface area contributed by atoms with Crippen molar-refractivity contribution in [2.75, 3.05) is 30.8 Å². The number of benzene rings is 1. The fraction of sp³-hybridized carbons (Fsp3) is 0.478. The van der Waals surface area contributed by atoms with E-state index in [9.17, 15) is 9.50 Å². The molecule has 1 saturated carbocycles. The van der Waals surface area contributed by atoms with Crippen LogP contribution in [0.3, 0.4) is 0 Å². The highest BCUT2D eigenvalue weighted by molar-refractivity contribution is 5.93. The molecule has 0 bridgehead atoms. The molecule has 1 aliphatic heterocycles. The maximum atomic E-state index is 14.4. The Morgan fingerprint density at radius 3 is 2.85 bits per heavy atom. The third-order valence-electron chi connectivity index (χ3n) is 7.29. The van der Waals surface area contributed by atoms with E-state index < -0.39 is 11.4 Å². The normalized spacial score (nSPS) is 25.1. The van der Waals surface area contributed by atoms with Gasteiger partial charge in [0.2, 0.25) is 5.95 Å². The molecule has 1 saturated heterocycles. The summed E-state index contributed by atoms with van der Waals surface area (Å²) in [6.07, 6.45) is 7.52. The van der Waals surface area contributed by atoms with E-state index in [0.717, 1.165) is 44.5 Å². The van der Waals surface area contributed by atoms with E-state index in [1.165, 1.54) is 23.8 Å². The summed E-state index contributed by atoms with van der Waals surface area (Å²) in [4.78, 5) is 11.4. The number of rotatable bonds is 4. The molecular weight excluding hydrogens is 439 g/mol. The molecule has 4 aromatic rings. The largest absolute Gasteiger partial charge is 0.494 e. The van der Waals surface area contributed by atoms with E-state index in [2.05, 4.69) is 20.1 Å². The second kappa shape index (κ2) is 7.52. The Labute approximate surface area is 195 Å². The van der Waals surface area contributed by atoms with Crippen molar-refractivity contribution in [3.63, 3.8) is 0 Å². The van der Waals surface area contributed by atoms with Crippen LogP contribution < -0.4 is 15.4 Å². The zero-order valence-electron chi connectivity index (χ0n) is 19.1. The van der Waals surface area contributed by atoms with Crippen molar-refractivity contribution >= 4 is 28.2 Å². The predicted molar refractivity (Wildman–Crippen MR) is 125 cm³/mol. The van der Waals surface area contributed by atoms with Gasteiger partial charge in [-0.2, -0.15) is 9.61 Å². The Morgan fingerprint density at radius 1 is 1.26 bits per heavy atom. The summed E-state index contributed by atoms with van der Waals surface area (Å²) in [6, 6.07) is 2.91. The molecule has 11 heteroatoms. The number of methoxy groups -OCH3 is 1. The van der Waals surface area contributed by atoms with Crippen LogP contribution in [0.5, 0.6) is 5.75 Å². The molecule has 10 nitrogen and oxygen atoms in total. The molecule has 3 atom stereocenters. The minimum Gasteiger partial charge on any atom is -0.494 e. The SMILES string of the molecule is COc1cc2nc(N)n3nc([C@@H]4CCCN(c5cnn([C@@H]6CC[C@@]6(C)O)c5)C4)nc3c2cc1F. The van der Waals surface area contributed by atoms with Gasteiger partial charge < -0.3 is 20.5 Å². The summed E-state index contributed by atoms with van der Waals surface area (Å²) in [5, 5.41) is 20.1. The van der Waals surface area contributed by atoms with E-state index in [-0.39, 0.29) is 23.7 Å². The Kier molecular flexibility index (Phi) is 4.67. The number of fused-ring (bicyclic) bond motifs is 3. The quantitative estimate of drug-likeness (QED) is 0.471. The molecule has 178 valence electrons. The van der Waals surface area contributed by atoms with Gasteiger partial charge in [-0.05, 0) is 38.7 Å². The zero-order chi connectivity index (χ0) is 23.6. The number of nitrogen functional groups attached to an aromatic ring is 1. The molecule has 2 fully saturated rings. The second-order valence-corrected chi connectivity index (χ2v) is 9.55. The zero-order valence-corrected chi connectivity index (χ0v) is 19.1. The van der Waals surface area contributed by atoms with Crippen molar-refractivity contribution in [1.29, 1.82) is 0 Å². The lowest BCUT2D eigenvalue weighted by molar-refractivity contribution is -0.0737. The minimum absolute atomic E-state index is 0.0183. The van der Waals surface area contributed by atoms with Crippen LogP contribution >= 0.6 is 0 Å². The van der Waals surface area contributed by atoms with E-state index >= 15 is 0 Å². The van der Waals surface area contributed by atoms with Crippen molar-refractivity contribution < 1.29 is 14.2 Å². The average molecular weight is 467 g/mol. The van der Waals surface area contributed by atoms with E-state index in [1.54, 1.807) is 0 Å². The summed E-state index contributed by atoms with van der Waals surface area (Å²) in [6.45, 7) is 3.51. The van der Waals surface area contributed by atoms with Crippen LogP contribution in [0.2, 0.25) is 0 Å². The summed E-state index contributed by atoms with van der Waals surface area (Å²) in [5.41, 5.74) is 7.47. The number of ether oxygens (including phenoxy) is 1.